The van der Waals surface area contributed by atoms with Gasteiger partial charge in [0, 0.05) is 11.1 Å². The standard InChI is InChI=1S/C20H21N3O3S/c1-2-25-17-9-13(7-8-16(17)26-12-19(22)24)11-23-20-15(10-21)14-5-3-4-6-18(14)27-20/h7-9,11H,2-6,12H2,1H3,(H2,22,24). The van der Waals surface area contributed by atoms with Gasteiger partial charge in [0.2, 0.25) is 0 Å². The monoisotopic (exact) mass is 383 g/mol. The van der Waals surface area contributed by atoms with Gasteiger partial charge in [0.1, 0.15) is 11.1 Å². The van der Waals surface area contributed by atoms with E-state index in [1.54, 1.807) is 29.7 Å². The summed E-state index contributed by atoms with van der Waals surface area (Å²) in [6.45, 7) is 2.12. The normalized spacial score (nSPS) is 13.2. The topological polar surface area (TPSA) is 97.7 Å². The minimum absolute atomic E-state index is 0.209. The largest absolute Gasteiger partial charge is 0.490 e. The van der Waals surface area contributed by atoms with Gasteiger partial charge in [-0.3, -0.25) is 4.79 Å². The summed E-state index contributed by atoms with van der Waals surface area (Å²) in [5, 5.41) is 10.3. The average Bonchev–Trinajstić information content (AvgIpc) is 3.03. The first-order valence-electron chi connectivity index (χ1n) is 8.89. The molecule has 0 atom stereocenters. The van der Waals surface area contributed by atoms with Gasteiger partial charge in [-0.15, -0.1) is 11.3 Å². The molecular weight excluding hydrogens is 362 g/mol. The number of fused-ring (bicyclic) bond motifs is 1. The summed E-state index contributed by atoms with van der Waals surface area (Å²) in [5.41, 5.74) is 7.82. The van der Waals surface area contributed by atoms with Crippen molar-refractivity contribution in [3.63, 3.8) is 0 Å². The number of rotatable bonds is 7. The molecule has 140 valence electrons. The summed E-state index contributed by atoms with van der Waals surface area (Å²) in [7, 11) is 0. The molecule has 1 aliphatic rings. The zero-order chi connectivity index (χ0) is 19.2. The number of hydrogen-bond acceptors (Lipinski definition) is 6. The van der Waals surface area contributed by atoms with E-state index < -0.39 is 5.91 Å². The Hall–Kier alpha value is -2.85. The van der Waals surface area contributed by atoms with Crippen molar-refractivity contribution in [2.24, 2.45) is 10.7 Å². The number of aliphatic imine (C=N–C) groups is 1. The second kappa shape index (κ2) is 8.69. The summed E-state index contributed by atoms with van der Waals surface area (Å²) >= 11 is 1.61. The number of primary amides is 1. The van der Waals surface area contributed by atoms with Crippen LogP contribution >= 0.6 is 11.3 Å². The molecule has 1 aromatic carbocycles. The molecule has 0 bridgehead atoms. The van der Waals surface area contributed by atoms with Crippen LogP contribution in [0.25, 0.3) is 0 Å². The van der Waals surface area contributed by atoms with E-state index in [1.807, 2.05) is 13.0 Å². The molecule has 0 saturated carbocycles. The summed E-state index contributed by atoms with van der Waals surface area (Å²) in [6.07, 6.45) is 6.02. The minimum Gasteiger partial charge on any atom is -0.490 e. The average molecular weight is 383 g/mol. The first kappa shape index (κ1) is 18.9. The Labute approximate surface area is 162 Å². The Morgan fingerprint density at radius 3 is 2.89 bits per heavy atom. The van der Waals surface area contributed by atoms with E-state index in [0.29, 0.717) is 23.7 Å². The van der Waals surface area contributed by atoms with Gasteiger partial charge in [-0.05, 0) is 61.9 Å². The van der Waals surface area contributed by atoms with Crippen molar-refractivity contribution in [1.82, 2.24) is 0 Å². The predicted molar refractivity (Wildman–Crippen MR) is 105 cm³/mol. The maximum Gasteiger partial charge on any atom is 0.255 e. The highest BCUT2D eigenvalue weighted by molar-refractivity contribution is 7.16. The smallest absolute Gasteiger partial charge is 0.255 e. The fourth-order valence-corrected chi connectivity index (χ4v) is 4.22. The van der Waals surface area contributed by atoms with Crippen molar-refractivity contribution in [3.8, 4) is 17.6 Å². The molecule has 1 aromatic heterocycles. The zero-order valence-corrected chi connectivity index (χ0v) is 16.0. The Kier molecular flexibility index (Phi) is 6.09. The predicted octanol–water partition coefficient (Wildman–Crippen LogP) is 3.51. The number of benzene rings is 1. The van der Waals surface area contributed by atoms with Crippen LogP contribution in [0.3, 0.4) is 0 Å². The highest BCUT2D eigenvalue weighted by Crippen LogP contribution is 2.39. The first-order valence-corrected chi connectivity index (χ1v) is 9.70. The first-order chi connectivity index (χ1) is 13.1. The van der Waals surface area contributed by atoms with E-state index in [0.717, 1.165) is 29.8 Å². The molecule has 1 amide bonds. The lowest BCUT2D eigenvalue weighted by atomic mass is 9.96. The minimum atomic E-state index is -0.547. The highest BCUT2D eigenvalue weighted by atomic mass is 32.1. The fourth-order valence-electron chi connectivity index (χ4n) is 3.03. The molecule has 7 heteroatoms. The van der Waals surface area contributed by atoms with E-state index in [9.17, 15) is 10.1 Å². The molecule has 0 fully saturated rings. The van der Waals surface area contributed by atoms with Gasteiger partial charge in [-0.1, -0.05) is 0 Å². The number of thiophene rings is 1. The van der Waals surface area contributed by atoms with Gasteiger partial charge in [0.15, 0.2) is 18.1 Å². The van der Waals surface area contributed by atoms with E-state index in [4.69, 9.17) is 15.2 Å². The number of ether oxygens (including phenoxy) is 2. The second-order valence-electron chi connectivity index (χ2n) is 6.16. The van der Waals surface area contributed by atoms with E-state index in [-0.39, 0.29) is 6.61 Å². The van der Waals surface area contributed by atoms with Crippen LogP contribution in [-0.2, 0) is 17.6 Å². The molecule has 6 nitrogen and oxygen atoms in total. The van der Waals surface area contributed by atoms with Gasteiger partial charge in [-0.2, -0.15) is 5.26 Å². The molecule has 0 aliphatic heterocycles. The van der Waals surface area contributed by atoms with Gasteiger partial charge in [-0.25, -0.2) is 4.99 Å². The number of hydrogen-bond donors (Lipinski definition) is 1. The lowest BCUT2D eigenvalue weighted by Crippen LogP contribution is -2.20. The van der Waals surface area contributed by atoms with Crippen LogP contribution in [0.5, 0.6) is 11.5 Å². The molecule has 2 N–H and O–H groups in total. The number of carbonyl (C=O) groups excluding carboxylic acids is 1. The molecule has 0 saturated heterocycles. The Morgan fingerprint density at radius 1 is 1.33 bits per heavy atom. The van der Waals surface area contributed by atoms with Crippen LogP contribution in [0.1, 0.15) is 41.3 Å². The lowest BCUT2D eigenvalue weighted by Gasteiger charge is -2.11. The van der Waals surface area contributed by atoms with Gasteiger partial charge in [0.25, 0.3) is 5.91 Å². The number of nitrogens with zero attached hydrogens (tertiary/aromatic N) is 2. The number of nitriles is 1. The fraction of sp³-hybridized carbons (Fsp3) is 0.350. The third-order valence-corrected chi connectivity index (χ3v) is 5.43. The lowest BCUT2D eigenvalue weighted by molar-refractivity contribution is -0.119. The quantitative estimate of drug-likeness (QED) is 0.740. The molecule has 2 aromatic rings. The van der Waals surface area contributed by atoms with E-state index >= 15 is 0 Å². The number of carbonyl (C=O) groups is 1. The second-order valence-corrected chi connectivity index (χ2v) is 7.24. The molecular formula is C20H21N3O3S. The third kappa shape index (κ3) is 4.47. The summed E-state index contributed by atoms with van der Waals surface area (Å²) in [5.74, 6) is 0.430. The van der Waals surface area contributed by atoms with E-state index in [1.165, 1.54) is 16.9 Å². The maximum atomic E-state index is 10.9. The van der Waals surface area contributed by atoms with Crippen LogP contribution in [0.15, 0.2) is 23.2 Å². The molecule has 1 heterocycles. The van der Waals surface area contributed by atoms with Crippen LogP contribution in [0.2, 0.25) is 0 Å². The number of aryl methyl sites for hydroxylation is 1. The number of nitrogens with two attached hydrogens (primary N) is 1. The Bertz CT molecular complexity index is 912. The molecule has 3 rings (SSSR count). The van der Waals surface area contributed by atoms with Gasteiger partial charge >= 0.3 is 0 Å². The summed E-state index contributed by atoms with van der Waals surface area (Å²) in [4.78, 5) is 16.8. The van der Waals surface area contributed by atoms with Crippen molar-refractivity contribution >= 4 is 28.5 Å². The van der Waals surface area contributed by atoms with Crippen molar-refractivity contribution in [3.05, 3.63) is 39.8 Å². The van der Waals surface area contributed by atoms with Crippen LogP contribution in [0, 0.1) is 11.3 Å². The van der Waals surface area contributed by atoms with Crippen molar-refractivity contribution in [1.29, 1.82) is 5.26 Å². The summed E-state index contributed by atoms with van der Waals surface area (Å²) < 4.78 is 11.0. The maximum absolute atomic E-state index is 10.9. The van der Waals surface area contributed by atoms with Crippen LogP contribution in [0.4, 0.5) is 5.00 Å². The van der Waals surface area contributed by atoms with Crippen LogP contribution < -0.4 is 15.2 Å². The number of amides is 1. The highest BCUT2D eigenvalue weighted by Gasteiger charge is 2.20. The van der Waals surface area contributed by atoms with Crippen molar-refractivity contribution in [2.75, 3.05) is 13.2 Å². The van der Waals surface area contributed by atoms with E-state index in [2.05, 4.69) is 11.1 Å². The van der Waals surface area contributed by atoms with Crippen LogP contribution in [-0.4, -0.2) is 25.3 Å². The Balaban J connectivity index is 1.85. The third-order valence-electron chi connectivity index (χ3n) is 4.23. The SMILES string of the molecule is CCOc1cc(C=Nc2sc3c(c2C#N)CCCC3)ccc1OCC(N)=O. The molecule has 1 aliphatic carbocycles. The van der Waals surface area contributed by atoms with Gasteiger partial charge < -0.3 is 15.2 Å². The Morgan fingerprint density at radius 2 is 2.15 bits per heavy atom. The molecule has 27 heavy (non-hydrogen) atoms. The molecule has 0 radical (unpaired) electrons. The summed E-state index contributed by atoms with van der Waals surface area (Å²) in [6, 6.07) is 7.65. The molecule has 0 unspecified atom stereocenters. The van der Waals surface area contributed by atoms with Crippen molar-refractivity contribution in [2.45, 2.75) is 32.6 Å². The molecule has 0 spiro atoms. The van der Waals surface area contributed by atoms with Gasteiger partial charge in [0.05, 0.1) is 12.2 Å². The van der Waals surface area contributed by atoms with Crippen molar-refractivity contribution < 1.29 is 14.3 Å². The zero-order valence-electron chi connectivity index (χ0n) is 15.2.